The van der Waals surface area contributed by atoms with Gasteiger partial charge >= 0.3 is 5.97 Å². The van der Waals surface area contributed by atoms with E-state index in [1.54, 1.807) is 0 Å². The predicted octanol–water partition coefficient (Wildman–Crippen LogP) is 0.405. The highest BCUT2D eigenvalue weighted by Crippen LogP contribution is 2.06. The van der Waals surface area contributed by atoms with E-state index >= 15 is 0 Å². The highest BCUT2D eigenvalue weighted by molar-refractivity contribution is 8.00. The normalized spacial score (nSPS) is 11.2. The van der Waals surface area contributed by atoms with Crippen molar-refractivity contribution < 1.29 is 18.3 Å². The summed E-state index contributed by atoms with van der Waals surface area (Å²) in [6.45, 7) is 3.32. The lowest BCUT2D eigenvalue weighted by molar-refractivity contribution is -0.132. The zero-order valence-corrected chi connectivity index (χ0v) is 8.95. The Hall–Kier alpha value is -0.490. The molecule has 0 amide bonds. The molecule has 6 heteroatoms. The van der Waals surface area contributed by atoms with Gasteiger partial charge in [0.25, 0.3) is 0 Å². The van der Waals surface area contributed by atoms with Crippen molar-refractivity contribution in [3.8, 4) is 0 Å². The molecular weight excluding hydrogens is 212 g/mol. The van der Waals surface area contributed by atoms with Crippen LogP contribution in [0, 0.1) is 0 Å². The number of aliphatic carboxylic acids is 1. The molecule has 0 aliphatic carbocycles. The van der Waals surface area contributed by atoms with E-state index in [-0.39, 0.29) is 17.1 Å². The second-order valence-corrected chi connectivity index (χ2v) is 5.96. The van der Waals surface area contributed by atoms with Crippen molar-refractivity contribution in [3.05, 3.63) is 12.2 Å². The van der Waals surface area contributed by atoms with Gasteiger partial charge in [-0.15, -0.1) is 0 Å². The molecule has 0 aliphatic rings. The zero-order valence-electron chi connectivity index (χ0n) is 7.32. The first-order valence-electron chi connectivity index (χ1n) is 3.49. The Bertz CT molecular complexity index is 292. The molecule has 0 rings (SSSR count). The predicted molar refractivity (Wildman–Crippen MR) is 53.8 cm³/mol. The van der Waals surface area contributed by atoms with Crippen LogP contribution in [-0.2, 0) is 14.6 Å². The third-order valence-electron chi connectivity index (χ3n) is 1.18. The van der Waals surface area contributed by atoms with Crippen LogP contribution in [0.3, 0.4) is 0 Å². The number of carboxylic acid groups (broad SMARTS) is 1. The Balaban J connectivity index is 3.59. The molecule has 1 N–H and O–H groups in total. The number of thioether (sulfide) groups is 1. The summed E-state index contributed by atoms with van der Waals surface area (Å²) in [5, 5.41) is 8.41. The molecule has 0 aromatic carbocycles. The van der Waals surface area contributed by atoms with Crippen LogP contribution in [0.1, 0.15) is 0 Å². The molecule has 0 radical (unpaired) electrons. The van der Waals surface area contributed by atoms with E-state index in [2.05, 4.69) is 6.58 Å². The maximum absolute atomic E-state index is 10.7. The minimum absolute atomic E-state index is 0.0740. The third kappa shape index (κ3) is 7.86. The van der Waals surface area contributed by atoms with Gasteiger partial charge in [0.2, 0.25) is 0 Å². The summed E-state index contributed by atoms with van der Waals surface area (Å²) < 4.78 is 21.3. The fourth-order valence-electron chi connectivity index (χ4n) is 0.467. The Morgan fingerprint density at radius 1 is 1.54 bits per heavy atom. The minimum Gasteiger partial charge on any atom is -0.478 e. The average molecular weight is 224 g/mol. The zero-order chi connectivity index (χ0) is 10.5. The van der Waals surface area contributed by atoms with Gasteiger partial charge in [-0.2, -0.15) is 11.8 Å². The van der Waals surface area contributed by atoms with E-state index < -0.39 is 15.8 Å². The quantitative estimate of drug-likeness (QED) is 0.522. The molecule has 4 nitrogen and oxygen atoms in total. The Kier molecular flexibility index (Phi) is 5.09. The summed E-state index contributed by atoms with van der Waals surface area (Å²) in [5.74, 6) is -0.285. The Morgan fingerprint density at radius 2 is 2.08 bits per heavy atom. The van der Waals surface area contributed by atoms with Gasteiger partial charge in [0, 0.05) is 23.3 Å². The van der Waals surface area contributed by atoms with Crippen molar-refractivity contribution in [1.82, 2.24) is 0 Å². The molecular formula is C7H12O4S2. The minimum atomic E-state index is -2.94. The van der Waals surface area contributed by atoms with E-state index in [0.29, 0.717) is 5.75 Å². The number of carbonyl (C=O) groups is 1. The SMILES string of the molecule is C=C(CSCCS(C)(=O)=O)C(=O)O. The fourth-order valence-corrected chi connectivity index (χ4v) is 2.66. The van der Waals surface area contributed by atoms with E-state index in [1.165, 1.54) is 11.8 Å². The maximum Gasteiger partial charge on any atom is 0.331 e. The van der Waals surface area contributed by atoms with Gasteiger partial charge < -0.3 is 5.11 Å². The van der Waals surface area contributed by atoms with Gasteiger partial charge in [0.15, 0.2) is 0 Å². The van der Waals surface area contributed by atoms with Crippen molar-refractivity contribution >= 4 is 27.6 Å². The molecule has 0 saturated heterocycles. The van der Waals surface area contributed by atoms with Crippen molar-refractivity contribution in [1.29, 1.82) is 0 Å². The summed E-state index contributed by atoms with van der Waals surface area (Å²) in [7, 11) is -2.94. The molecule has 0 unspecified atom stereocenters. The second-order valence-electron chi connectivity index (χ2n) is 2.59. The number of hydrogen-bond acceptors (Lipinski definition) is 4. The highest BCUT2D eigenvalue weighted by Gasteiger charge is 2.05. The molecule has 0 aromatic heterocycles. The topological polar surface area (TPSA) is 71.4 Å². The van der Waals surface area contributed by atoms with Crippen LogP contribution in [0.5, 0.6) is 0 Å². The number of hydrogen-bond donors (Lipinski definition) is 1. The number of carboxylic acids is 1. The van der Waals surface area contributed by atoms with Crippen LogP contribution in [0.15, 0.2) is 12.2 Å². The van der Waals surface area contributed by atoms with E-state index in [9.17, 15) is 13.2 Å². The molecule has 0 aromatic rings. The van der Waals surface area contributed by atoms with Crippen LogP contribution in [0.4, 0.5) is 0 Å². The van der Waals surface area contributed by atoms with Gasteiger partial charge in [-0.3, -0.25) is 0 Å². The van der Waals surface area contributed by atoms with Gasteiger partial charge in [-0.1, -0.05) is 6.58 Å². The molecule has 0 bridgehead atoms. The largest absolute Gasteiger partial charge is 0.478 e. The number of sulfone groups is 1. The van der Waals surface area contributed by atoms with Gasteiger partial charge in [-0.05, 0) is 0 Å². The molecule has 0 heterocycles. The van der Waals surface area contributed by atoms with Crippen LogP contribution in [0.2, 0.25) is 0 Å². The molecule has 0 fully saturated rings. The molecule has 0 atom stereocenters. The van der Waals surface area contributed by atoms with Gasteiger partial charge in [0.05, 0.1) is 5.75 Å². The van der Waals surface area contributed by atoms with Crippen LogP contribution < -0.4 is 0 Å². The fraction of sp³-hybridized carbons (Fsp3) is 0.571. The molecule has 0 saturated carbocycles. The van der Waals surface area contributed by atoms with Crippen molar-refractivity contribution in [3.63, 3.8) is 0 Å². The summed E-state index contributed by atoms with van der Waals surface area (Å²) in [5.41, 5.74) is 0.0958. The smallest absolute Gasteiger partial charge is 0.331 e. The summed E-state index contributed by atoms with van der Waals surface area (Å²) in [6, 6.07) is 0. The first-order valence-corrected chi connectivity index (χ1v) is 6.71. The van der Waals surface area contributed by atoms with Crippen molar-refractivity contribution in [2.45, 2.75) is 0 Å². The second kappa shape index (κ2) is 5.29. The Morgan fingerprint density at radius 3 is 2.46 bits per heavy atom. The standard InChI is InChI=1S/C7H12O4S2/c1-6(7(8)9)5-12-3-4-13(2,10)11/h1,3-5H2,2H3,(H,8,9). The lowest BCUT2D eigenvalue weighted by Gasteiger charge is -1.99. The van der Waals surface area contributed by atoms with E-state index in [0.717, 1.165) is 6.26 Å². The highest BCUT2D eigenvalue weighted by atomic mass is 32.2. The summed E-state index contributed by atoms with van der Waals surface area (Å²) >= 11 is 1.26. The molecule has 76 valence electrons. The molecule has 13 heavy (non-hydrogen) atoms. The first-order chi connectivity index (χ1) is 5.83. The van der Waals surface area contributed by atoms with Crippen LogP contribution in [-0.4, -0.2) is 43.0 Å². The Labute approximate surface area is 81.9 Å². The van der Waals surface area contributed by atoms with Gasteiger partial charge in [0.1, 0.15) is 9.84 Å². The summed E-state index contributed by atoms with van der Waals surface area (Å²) in [6.07, 6.45) is 1.15. The van der Waals surface area contributed by atoms with E-state index in [1.807, 2.05) is 0 Å². The molecule has 0 aliphatic heterocycles. The maximum atomic E-state index is 10.7. The van der Waals surface area contributed by atoms with Crippen LogP contribution >= 0.6 is 11.8 Å². The lowest BCUT2D eigenvalue weighted by atomic mass is 10.4. The molecule has 0 spiro atoms. The van der Waals surface area contributed by atoms with Crippen molar-refractivity contribution in [2.75, 3.05) is 23.5 Å². The third-order valence-corrected chi connectivity index (χ3v) is 3.43. The monoisotopic (exact) mass is 224 g/mol. The lowest BCUT2D eigenvalue weighted by Crippen LogP contribution is -2.07. The van der Waals surface area contributed by atoms with Crippen LogP contribution in [0.25, 0.3) is 0 Å². The first kappa shape index (κ1) is 12.5. The van der Waals surface area contributed by atoms with E-state index in [4.69, 9.17) is 5.11 Å². The number of rotatable bonds is 6. The summed E-state index contributed by atoms with van der Waals surface area (Å²) in [4.78, 5) is 10.3. The van der Waals surface area contributed by atoms with Gasteiger partial charge in [-0.25, -0.2) is 13.2 Å². The van der Waals surface area contributed by atoms with Crippen molar-refractivity contribution in [2.24, 2.45) is 0 Å². The average Bonchev–Trinajstić information content (AvgIpc) is 1.95.